The third kappa shape index (κ3) is 1.98. The molecule has 0 bridgehead atoms. The summed E-state index contributed by atoms with van der Waals surface area (Å²) in [5, 5.41) is 1.28. The number of nitrogens with one attached hydrogen (secondary N) is 1. The summed E-state index contributed by atoms with van der Waals surface area (Å²) in [6, 6.07) is 11.4. The molecule has 90 valence electrons. The Kier molecular flexibility index (Phi) is 2.77. The maximum Gasteiger partial charge on any atom is 0.140 e. The first-order valence-corrected chi connectivity index (χ1v) is 6.31. The van der Waals surface area contributed by atoms with Crippen LogP contribution in [-0.2, 0) is 0 Å². The number of benzene rings is 2. The molecular formula is C14H10Cl2N2. The summed E-state index contributed by atoms with van der Waals surface area (Å²) in [6.45, 7) is 2.05. The van der Waals surface area contributed by atoms with Gasteiger partial charge in [-0.25, -0.2) is 4.98 Å². The Labute approximate surface area is 115 Å². The molecule has 0 amide bonds. The third-order valence-electron chi connectivity index (χ3n) is 2.82. The molecule has 0 spiro atoms. The van der Waals surface area contributed by atoms with Crippen LogP contribution in [0.2, 0.25) is 10.0 Å². The fraction of sp³-hybridized carbons (Fsp3) is 0.0714. The predicted molar refractivity (Wildman–Crippen MR) is 76.3 cm³/mol. The summed E-state index contributed by atoms with van der Waals surface area (Å²) in [5.74, 6) is 0.739. The molecule has 0 aliphatic heterocycles. The Morgan fingerprint density at radius 1 is 1.06 bits per heavy atom. The number of imidazole rings is 1. The molecule has 18 heavy (non-hydrogen) atoms. The smallest absolute Gasteiger partial charge is 0.140 e. The van der Waals surface area contributed by atoms with E-state index < -0.39 is 0 Å². The number of hydrogen-bond donors (Lipinski definition) is 1. The monoisotopic (exact) mass is 276 g/mol. The molecule has 0 fully saturated rings. The second kappa shape index (κ2) is 4.30. The van der Waals surface area contributed by atoms with Crippen LogP contribution in [0.1, 0.15) is 5.56 Å². The number of hydrogen-bond acceptors (Lipinski definition) is 1. The first-order chi connectivity index (χ1) is 8.63. The fourth-order valence-corrected chi connectivity index (χ4v) is 2.31. The van der Waals surface area contributed by atoms with E-state index in [1.165, 1.54) is 5.56 Å². The molecule has 4 heteroatoms. The van der Waals surface area contributed by atoms with Crippen molar-refractivity contribution in [2.75, 3.05) is 0 Å². The zero-order chi connectivity index (χ0) is 12.7. The van der Waals surface area contributed by atoms with Crippen molar-refractivity contribution in [1.82, 2.24) is 9.97 Å². The average molecular weight is 277 g/mol. The van der Waals surface area contributed by atoms with Crippen LogP contribution in [0.5, 0.6) is 0 Å². The molecule has 0 saturated heterocycles. The van der Waals surface area contributed by atoms with Crippen LogP contribution in [0.15, 0.2) is 36.4 Å². The molecule has 0 saturated carbocycles. The quantitative estimate of drug-likeness (QED) is 0.677. The van der Waals surface area contributed by atoms with E-state index in [0.717, 1.165) is 22.4 Å². The number of nitrogens with zero attached hydrogens (tertiary/aromatic N) is 1. The molecule has 1 N–H and O–H groups in total. The summed E-state index contributed by atoms with van der Waals surface area (Å²) in [4.78, 5) is 7.79. The van der Waals surface area contributed by atoms with Crippen LogP contribution in [0.4, 0.5) is 0 Å². The molecule has 0 atom stereocenters. The van der Waals surface area contributed by atoms with Crippen molar-refractivity contribution >= 4 is 34.2 Å². The van der Waals surface area contributed by atoms with Crippen molar-refractivity contribution in [2.24, 2.45) is 0 Å². The van der Waals surface area contributed by atoms with E-state index in [9.17, 15) is 0 Å². The van der Waals surface area contributed by atoms with Crippen LogP contribution >= 0.6 is 23.2 Å². The minimum Gasteiger partial charge on any atom is -0.338 e. The maximum atomic E-state index is 6.17. The molecule has 3 rings (SSSR count). The zero-order valence-corrected chi connectivity index (χ0v) is 11.2. The molecular weight excluding hydrogens is 267 g/mol. The average Bonchev–Trinajstić information content (AvgIpc) is 2.74. The van der Waals surface area contributed by atoms with Crippen molar-refractivity contribution < 1.29 is 0 Å². The van der Waals surface area contributed by atoms with E-state index in [1.54, 1.807) is 12.1 Å². The summed E-state index contributed by atoms with van der Waals surface area (Å²) in [7, 11) is 0. The molecule has 2 nitrogen and oxygen atoms in total. The van der Waals surface area contributed by atoms with E-state index >= 15 is 0 Å². The molecule has 0 aliphatic rings. The molecule has 1 heterocycles. The normalized spacial score (nSPS) is 11.1. The van der Waals surface area contributed by atoms with Gasteiger partial charge in [0.05, 0.1) is 16.1 Å². The van der Waals surface area contributed by atoms with Gasteiger partial charge in [0.2, 0.25) is 0 Å². The van der Waals surface area contributed by atoms with Gasteiger partial charge >= 0.3 is 0 Å². The minimum atomic E-state index is 0.634. The zero-order valence-electron chi connectivity index (χ0n) is 9.67. The first-order valence-electron chi connectivity index (χ1n) is 5.55. The summed E-state index contributed by atoms with van der Waals surface area (Å²) >= 11 is 12.2. The van der Waals surface area contributed by atoms with Crippen LogP contribution < -0.4 is 0 Å². The molecule has 0 radical (unpaired) electrons. The molecule has 2 aromatic carbocycles. The van der Waals surface area contributed by atoms with Gasteiger partial charge in [0, 0.05) is 10.6 Å². The standard InChI is InChI=1S/C14H10Cl2N2/c1-8-2-5-12-13(6-8)18-14(17-12)10-7-9(15)3-4-11(10)16/h2-7H,1H3,(H,17,18). The summed E-state index contributed by atoms with van der Waals surface area (Å²) < 4.78 is 0. The highest BCUT2D eigenvalue weighted by Gasteiger charge is 2.09. The second-order valence-electron chi connectivity index (χ2n) is 4.23. The Morgan fingerprint density at radius 3 is 2.72 bits per heavy atom. The number of fused-ring (bicyclic) bond motifs is 1. The molecule has 1 aromatic heterocycles. The summed E-state index contributed by atoms with van der Waals surface area (Å²) in [5.41, 5.74) is 3.93. The van der Waals surface area contributed by atoms with Crippen molar-refractivity contribution in [1.29, 1.82) is 0 Å². The van der Waals surface area contributed by atoms with Crippen LogP contribution in [0, 0.1) is 6.92 Å². The van der Waals surface area contributed by atoms with Gasteiger partial charge in [-0.3, -0.25) is 0 Å². The first kappa shape index (κ1) is 11.6. The highest BCUT2D eigenvalue weighted by atomic mass is 35.5. The van der Waals surface area contributed by atoms with E-state index in [0.29, 0.717) is 10.0 Å². The van der Waals surface area contributed by atoms with Crippen LogP contribution in [0.25, 0.3) is 22.4 Å². The highest BCUT2D eigenvalue weighted by Crippen LogP contribution is 2.30. The lowest BCUT2D eigenvalue weighted by atomic mass is 10.2. The lowest BCUT2D eigenvalue weighted by Crippen LogP contribution is -1.82. The Bertz CT molecular complexity index is 732. The van der Waals surface area contributed by atoms with E-state index in [-0.39, 0.29) is 0 Å². The lowest BCUT2D eigenvalue weighted by molar-refractivity contribution is 1.34. The number of H-pyrrole nitrogens is 1. The van der Waals surface area contributed by atoms with Crippen molar-refractivity contribution in [3.05, 3.63) is 52.0 Å². The largest absolute Gasteiger partial charge is 0.338 e. The number of aromatic amines is 1. The van der Waals surface area contributed by atoms with Crippen molar-refractivity contribution in [2.45, 2.75) is 6.92 Å². The molecule has 0 unspecified atom stereocenters. The summed E-state index contributed by atoms with van der Waals surface area (Å²) in [6.07, 6.45) is 0. The van der Waals surface area contributed by atoms with Crippen LogP contribution in [0.3, 0.4) is 0 Å². The van der Waals surface area contributed by atoms with E-state index in [1.807, 2.05) is 25.1 Å². The topological polar surface area (TPSA) is 28.7 Å². The van der Waals surface area contributed by atoms with Gasteiger partial charge in [-0.1, -0.05) is 29.3 Å². The number of rotatable bonds is 1. The van der Waals surface area contributed by atoms with Crippen molar-refractivity contribution in [3.8, 4) is 11.4 Å². The number of aryl methyl sites for hydroxylation is 1. The Balaban J connectivity index is 2.22. The Morgan fingerprint density at radius 2 is 1.89 bits per heavy atom. The lowest BCUT2D eigenvalue weighted by Gasteiger charge is -2.00. The van der Waals surface area contributed by atoms with Gasteiger partial charge < -0.3 is 4.98 Å². The van der Waals surface area contributed by atoms with Gasteiger partial charge in [0.15, 0.2) is 0 Å². The SMILES string of the molecule is Cc1ccc2nc(-c3cc(Cl)ccc3Cl)[nH]c2c1. The Hall–Kier alpha value is -1.51. The third-order valence-corrected chi connectivity index (χ3v) is 3.39. The fourth-order valence-electron chi connectivity index (χ4n) is 1.93. The highest BCUT2D eigenvalue weighted by molar-refractivity contribution is 6.35. The molecule has 3 aromatic rings. The second-order valence-corrected chi connectivity index (χ2v) is 5.07. The van der Waals surface area contributed by atoms with Gasteiger partial charge in [-0.15, -0.1) is 0 Å². The number of aromatic nitrogens is 2. The van der Waals surface area contributed by atoms with E-state index in [2.05, 4.69) is 16.0 Å². The van der Waals surface area contributed by atoms with Gasteiger partial charge in [-0.2, -0.15) is 0 Å². The van der Waals surface area contributed by atoms with Gasteiger partial charge in [0.25, 0.3) is 0 Å². The minimum absolute atomic E-state index is 0.634. The van der Waals surface area contributed by atoms with Gasteiger partial charge in [-0.05, 0) is 42.8 Å². The number of halogens is 2. The van der Waals surface area contributed by atoms with Crippen LogP contribution in [-0.4, -0.2) is 9.97 Å². The molecule has 0 aliphatic carbocycles. The maximum absolute atomic E-state index is 6.17. The van der Waals surface area contributed by atoms with Gasteiger partial charge in [0.1, 0.15) is 5.82 Å². The van der Waals surface area contributed by atoms with Crippen molar-refractivity contribution in [3.63, 3.8) is 0 Å². The predicted octanol–water partition coefficient (Wildman–Crippen LogP) is 4.85. The van der Waals surface area contributed by atoms with E-state index in [4.69, 9.17) is 23.2 Å².